The molecule has 0 aromatic heterocycles. The molecule has 1 aliphatic carbocycles. The minimum atomic E-state index is -0.705. The van der Waals surface area contributed by atoms with E-state index < -0.39 is 11.8 Å². The fourth-order valence-corrected chi connectivity index (χ4v) is 4.14. The Morgan fingerprint density at radius 2 is 1.07 bits per heavy atom. The minimum absolute atomic E-state index is 0.186. The molecule has 4 rings (SSSR count). The van der Waals surface area contributed by atoms with Crippen molar-refractivity contribution in [2.75, 3.05) is 0 Å². The highest BCUT2D eigenvalue weighted by Crippen LogP contribution is 2.32. The Kier molecular flexibility index (Phi) is 6.58. The van der Waals surface area contributed by atoms with Crippen LogP contribution in [-0.2, 0) is 32.5 Å². The van der Waals surface area contributed by atoms with Gasteiger partial charge in [0.15, 0.2) is 0 Å². The van der Waals surface area contributed by atoms with Gasteiger partial charge in [-0.25, -0.2) is 10.1 Å². The first kappa shape index (κ1) is 21.1. The Balaban J connectivity index is 1.46. The van der Waals surface area contributed by atoms with Crippen molar-refractivity contribution in [3.8, 4) is 0 Å². The van der Waals surface area contributed by atoms with Gasteiger partial charge in [-0.05, 0) is 48.2 Å². The number of nitrogens with zero attached hydrogens (tertiary/aromatic N) is 2. The Morgan fingerprint density at radius 3 is 1.43 bits per heavy atom. The van der Waals surface area contributed by atoms with E-state index in [2.05, 4.69) is 0 Å². The highest BCUT2D eigenvalue weighted by Gasteiger charge is 2.48. The summed E-state index contributed by atoms with van der Waals surface area (Å²) < 4.78 is 0. The average Bonchev–Trinajstić information content (AvgIpc) is 2.76. The van der Waals surface area contributed by atoms with Gasteiger partial charge in [0.1, 0.15) is 13.2 Å². The van der Waals surface area contributed by atoms with Gasteiger partial charge in [0.2, 0.25) is 0 Å². The number of piperazine rings is 1. The Labute approximate surface area is 185 Å². The lowest BCUT2D eigenvalue weighted by atomic mass is 9.88. The standard InChI is InChI=1S/C22H22Cl2N2O4/c23-17-9-5-15(6-10-17)13-29-25-19-3-1-2-4-20(19)26(22(28)21(25)27)30-14-16-7-11-18(24)12-8-16/h5-12,19-20H,1-4,13-14H2. The van der Waals surface area contributed by atoms with Crippen LogP contribution < -0.4 is 0 Å². The zero-order valence-electron chi connectivity index (χ0n) is 16.3. The van der Waals surface area contributed by atoms with Gasteiger partial charge in [-0.2, -0.15) is 0 Å². The fraction of sp³-hybridized carbons (Fsp3) is 0.364. The first-order valence-electron chi connectivity index (χ1n) is 9.94. The van der Waals surface area contributed by atoms with Crippen molar-refractivity contribution in [1.29, 1.82) is 0 Å². The number of halogens is 2. The number of carbonyl (C=O) groups excluding carboxylic acids is 2. The molecule has 1 heterocycles. The second kappa shape index (κ2) is 9.35. The molecule has 2 aromatic rings. The van der Waals surface area contributed by atoms with Crippen molar-refractivity contribution in [3.63, 3.8) is 0 Å². The van der Waals surface area contributed by atoms with Crippen LogP contribution in [0.25, 0.3) is 0 Å². The van der Waals surface area contributed by atoms with Gasteiger partial charge < -0.3 is 0 Å². The van der Waals surface area contributed by atoms with E-state index in [1.165, 1.54) is 10.1 Å². The van der Waals surface area contributed by atoms with E-state index in [4.69, 9.17) is 32.9 Å². The predicted octanol–water partition coefficient (Wildman–Crippen LogP) is 4.54. The fourth-order valence-electron chi connectivity index (χ4n) is 3.89. The second-order valence-electron chi connectivity index (χ2n) is 7.48. The third kappa shape index (κ3) is 4.62. The molecule has 0 N–H and O–H groups in total. The lowest BCUT2D eigenvalue weighted by molar-refractivity contribution is -0.270. The number of carbonyl (C=O) groups is 2. The second-order valence-corrected chi connectivity index (χ2v) is 8.35. The molecule has 30 heavy (non-hydrogen) atoms. The van der Waals surface area contributed by atoms with Gasteiger partial charge in [0.05, 0.1) is 12.1 Å². The summed E-state index contributed by atoms with van der Waals surface area (Å²) in [6.07, 6.45) is 3.44. The number of hydrogen-bond acceptors (Lipinski definition) is 4. The third-order valence-corrected chi connectivity index (χ3v) is 5.95. The molecule has 2 amide bonds. The third-order valence-electron chi connectivity index (χ3n) is 5.45. The summed E-state index contributed by atoms with van der Waals surface area (Å²) >= 11 is 11.8. The molecule has 2 atom stereocenters. The molecule has 2 unspecified atom stereocenters. The zero-order valence-corrected chi connectivity index (χ0v) is 17.8. The van der Waals surface area contributed by atoms with Crippen molar-refractivity contribution in [3.05, 3.63) is 69.7 Å². The van der Waals surface area contributed by atoms with Crippen LogP contribution in [0.15, 0.2) is 48.5 Å². The Bertz CT molecular complexity index is 829. The maximum absolute atomic E-state index is 12.8. The molecule has 1 aliphatic heterocycles. The largest absolute Gasteiger partial charge is 0.338 e. The number of hydrogen-bond donors (Lipinski definition) is 0. The van der Waals surface area contributed by atoms with E-state index in [1.54, 1.807) is 24.3 Å². The van der Waals surface area contributed by atoms with Crippen LogP contribution in [0.5, 0.6) is 0 Å². The van der Waals surface area contributed by atoms with Crippen LogP contribution in [0.2, 0.25) is 10.0 Å². The van der Waals surface area contributed by atoms with Gasteiger partial charge in [0, 0.05) is 10.0 Å². The lowest BCUT2D eigenvalue weighted by Crippen LogP contribution is -2.65. The van der Waals surface area contributed by atoms with E-state index in [0.717, 1.165) is 36.8 Å². The molecule has 0 bridgehead atoms. The molecule has 0 spiro atoms. The summed E-state index contributed by atoms with van der Waals surface area (Å²) in [5.74, 6) is -1.41. The van der Waals surface area contributed by atoms with Crippen molar-refractivity contribution < 1.29 is 19.3 Å². The van der Waals surface area contributed by atoms with Crippen molar-refractivity contribution in [2.24, 2.45) is 0 Å². The van der Waals surface area contributed by atoms with Crippen molar-refractivity contribution in [1.82, 2.24) is 10.1 Å². The topological polar surface area (TPSA) is 59.1 Å². The van der Waals surface area contributed by atoms with E-state index in [-0.39, 0.29) is 25.3 Å². The van der Waals surface area contributed by atoms with Crippen LogP contribution in [-0.4, -0.2) is 34.0 Å². The van der Waals surface area contributed by atoms with E-state index in [0.29, 0.717) is 10.0 Å². The number of fused-ring (bicyclic) bond motifs is 1. The van der Waals surface area contributed by atoms with Gasteiger partial charge in [-0.1, -0.05) is 60.3 Å². The SMILES string of the molecule is O=C1C(=O)N(OCc2ccc(Cl)cc2)C2CCCCC2N1OCc1ccc(Cl)cc1. The average molecular weight is 449 g/mol. The van der Waals surface area contributed by atoms with Crippen LogP contribution >= 0.6 is 23.2 Å². The molecule has 2 aromatic carbocycles. The first-order chi connectivity index (χ1) is 14.5. The quantitative estimate of drug-likeness (QED) is 0.608. The summed E-state index contributed by atoms with van der Waals surface area (Å²) in [6.45, 7) is 0.371. The number of rotatable bonds is 6. The highest BCUT2D eigenvalue weighted by atomic mass is 35.5. The smallest absolute Gasteiger partial charge is 0.265 e. The zero-order chi connectivity index (χ0) is 21.1. The Hall–Kier alpha value is -2.12. The predicted molar refractivity (Wildman–Crippen MR) is 112 cm³/mol. The van der Waals surface area contributed by atoms with Gasteiger partial charge in [-0.15, -0.1) is 0 Å². The molecule has 1 saturated carbocycles. The summed E-state index contributed by atoms with van der Waals surface area (Å²) in [4.78, 5) is 37.2. The Morgan fingerprint density at radius 1 is 0.700 bits per heavy atom. The monoisotopic (exact) mass is 448 g/mol. The van der Waals surface area contributed by atoms with Crippen LogP contribution in [0.3, 0.4) is 0 Å². The molecule has 6 nitrogen and oxygen atoms in total. The van der Waals surface area contributed by atoms with E-state index in [1.807, 2.05) is 24.3 Å². The normalized spacial score (nSPS) is 21.7. The number of benzene rings is 2. The van der Waals surface area contributed by atoms with E-state index in [9.17, 15) is 9.59 Å². The molecule has 0 radical (unpaired) electrons. The van der Waals surface area contributed by atoms with Crippen molar-refractivity contribution >= 4 is 35.0 Å². The molecule has 8 heteroatoms. The molecular weight excluding hydrogens is 427 g/mol. The molecule has 2 aliphatic rings. The summed E-state index contributed by atoms with van der Waals surface area (Å²) in [5.41, 5.74) is 1.74. The van der Waals surface area contributed by atoms with Gasteiger partial charge in [-0.3, -0.25) is 19.3 Å². The van der Waals surface area contributed by atoms with Crippen LogP contribution in [0.1, 0.15) is 36.8 Å². The van der Waals surface area contributed by atoms with E-state index >= 15 is 0 Å². The molecule has 158 valence electrons. The van der Waals surface area contributed by atoms with Gasteiger partial charge >= 0.3 is 11.8 Å². The molecule has 1 saturated heterocycles. The first-order valence-corrected chi connectivity index (χ1v) is 10.7. The minimum Gasteiger partial charge on any atom is -0.265 e. The summed E-state index contributed by atoms with van der Waals surface area (Å²) in [7, 11) is 0. The molecular formula is C22H22Cl2N2O4. The lowest BCUT2D eigenvalue weighted by Gasteiger charge is -2.46. The summed E-state index contributed by atoms with van der Waals surface area (Å²) in [6, 6.07) is 13.9. The number of hydroxylamine groups is 4. The molecule has 2 fully saturated rings. The highest BCUT2D eigenvalue weighted by molar-refractivity contribution is 6.35. The van der Waals surface area contributed by atoms with Crippen LogP contribution in [0, 0.1) is 0 Å². The maximum atomic E-state index is 12.8. The van der Waals surface area contributed by atoms with Gasteiger partial charge in [0.25, 0.3) is 0 Å². The van der Waals surface area contributed by atoms with Crippen LogP contribution in [0.4, 0.5) is 0 Å². The maximum Gasteiger partial charge on any atom is 0.338 e. The van der Waals surface area contributed by atoms with Crippen molar-refractivity contribution in [2.45, 2.75) is 51.0 Å². The summed E-state index contributed by atoms with van der Waals surface area (Å²) in [5, 5.41) is 3.76. The number of amides is 2.